The molecule has 0 unspecified atom stereocenters. The van der Waals surface area contributed by atoms with Crippen molar-refractivity contribution in [3.8, 4) is 0 Å². The molecule has 11 heteroatoms. The molecule has 0 bridgehead atoms. The molecule has 3 rings (SSSR count). The first-order valence-electron chi connectivity index (χ1n) is 8.28. The molecule has 3 amide bonds. The van der Waals surface area contributed by atoms with E-state index in [-0.39, 0.29) is 17.3 Å². The fourth-order valence-electron chi connectivity index (χ4n) is 2.99. The van der Waals surface area contributed by atoms with Crippen molar-refractivity contribution in [2.45, 2.75) is 49.8 Å². The number of carbonyl (C=O) groups is 2. The third-order valence-corrected chi connectivity index (χ3v) is 6.96. The lowest BCUT2D eigenvalue weighted by atomic mass is 10.2. The number of hydrogen-bond acceptors (Lipinski definition) is 7. The highest BCUT2D eigenvalue weighted by Crippen LogP contribution is 2.21. The van der Waals surface area contributed by atoms with Gasteiger partial charge in [-0.1, -0.05) is 18.2 Å². The van der Waals surface area contributed by atoms with Gasteiger partial charge in [-0.25, -0.2) is 13.2 Å². The minimum absolute atomic E-state index is 0.0501. The summed E-state index contributed by atoms with van der Waals surface area (Å²) < 4.78 is 24.8. The smallest absolute Gasteiger partial charge is 0.321 e. The van der Waals surface area contributed by atoms with Gasteiger partial charge in [0.2, 0.25) is 5.91 Å². The summed E-state index contributed by atoms with van der Waals surface area (Å²) in [6.45, 7) is 0.850. The Morgan fingerprint density at radius 1 is 1.24 bits per heavy atom. The highest BCUT2D eigenvalue weighted by atomic mass is 32.2. The summed E-state index contributed by atoms with van der Waals surface area (Å²) in [6.07, 6.45) is 4.60. The first kappa shape index (κ1) is 18.2. The van der Waals surface area contributed by atoms with Crippen LogP contribution in [0.15, 0.2) is 5.16 Å². The number of carbonyl (C=O) groups excluding carboxylic acids is 2. The predicted molar refractivity (Wildman–Crippen MR) is 92.0 cm³/mol. The number of rotatable bonds is 4. The Hall–Kier alpha value is -1.62. The standard InChI is InChI=1S/C14H21N5O4S2/c20-12(16-13(21)15-10-5-7-25(22,23)9-10)8-24-14-18-17-11-4-2-1-3-6-19(11)14/h10H,1-9H2,(H2,15,16,20,21)/t10-/m1/s1. The second-order valence-electron chi connectivity index (χ2n) is 6.27. The average molecular weight is 387 g/mol. The monoisotopic (exact) mass is 387 g/mol. The van der Waals surface area contributed by atoms with Gasteiger partial charge in [0.15, 0.2) is 15.0 Å². The van der Waals surface area contributed by atoms with E-state index in [9.17, 15) is 18.0 Å². The Labute approximate surface area is 150 Å². The normalized spacial score (nSPS) is 22.0. The topological polar surface area (TPSA) is 123 Å². The van der Waals surface area contributed by atoms with Gasteiger partial charge in [0.1, 0.15) is 5.82 Å². The van der Waals surface area contributed by atoms with Gasteiger partial charge < -0.3 is 9.88 Å². The molecule has 1 atom stereocenters. The fourth-order valence-corrected chi connectivity index (χ4v) is 5.45. The van der Waals surface area contributed by atoms with E-state index in [1.807, 2.05) is 4.57 Å². The number of aromatic nitrogens is 3. The number of hydrogen-bond donors (Lipinski definition) is 2. The molecule has 1 aromatic rings. The Balaban J connectivity index is 1.45. The van der Waals surface area contributed by atoms with E-state index in [1.165, 1.54) is 11.8 Å². The summed E-state index contributed by atoms with van der Waals surface area (Å²) in [5.74, 6) is 0.540. The van der Waals surface area contributed by atoms with E-state index in [0.29, 0.717) is 11.6 Å². The maximum Gasteiger partial charge on any atom is 0.321 e. The van der Waals surface area contributed by atoms with E-state index in [4.69, 9.17) is 0 Å². The van der Waals surface area contributed by atoms with Crippen LogP contribution in [0.1, 0.15) is 31.5 Å². The molecular formula is C14H21N5O4S2. The summed E-state index contributed by atoms with van der Waals surface area (Å²) in [4.78, 5) is 23.7. The van der Waals surface area contributed by atoms with E-state index in [2.05, 4.69) is 20.8 Å². The third-order valence-electron chi connectivity index (χ3n) is 4.23. The maximum atomic E-state index is 11.9. The zero-order valence-corrected chi connectivity index (χ0v) is 15.4. The molecule has 1 aromatic heterocycles. The molecule has 25 heavy (non-hydrogen) atoms. The fraction of sp³-hybridized carbons (Fsp3) is 0.714. The summed E-state index contributed by atoms with van der Waals surface area (Å²) >= 11 is 1.24. The van der Waals surface area contributed by atoms with Crippen molar-refractivity contribution in [2.24, 2.45) is 0 Å². The van der Waals surface area contributed by atoms with Crippen LogP contribution in [0.5, 0.6) is 0 Å². The van der Waals surface area contributed by atoms with Gasteiger partial charge in [0, 0.05) is 19.0 Å². The Bertz CT molecular complexity index is 761. The van der Waals surface area contributed by atoms with Crippen molar-refractivity contribution in [1.29, 1.82) is 0 Å². The SMILES string of the molecule is O=C(CSc1nnc2n1CCCCC2)NC(=O)N[C@@H]1CCS(=O)(=O)C1. The Morgan fingerprint density at radius 3 is 2.84 bits per heavy atom. The molecule has 1 saturated heterocycles. The number of amides is 3. The maximum absolute atomic E-state index is 11.9. The lowest BCUT2D eigenvalue weighted by molar-refractivity contribution is -0.117. The van der Waals surface area contributed by atoms with Gasteiger partial charge >= 0.3 is 6.03 Å². The zero-order chi connectivity index (χ0) is 17.9. The second-order valence-corrected chi connectivity index (χ2v) is 9.44. The number of sulfone groups is 1. The first-order valence-corrected chi connectivity index (χ1v) is 11.1. The summed E-state index contributed by atoms with van der Waals surface area (Å²) in [6, 6.07) is -1.09. The highest BCUT2D eigenvalue weighted by molar-refractivity contribution is 7.99. The van der Waals surface area contributed by atoms with Crippen LogP contribution in [-0.4, -0.2) is 58.4 Å². The van der Waals surface area contributed by atoms with Crippen LogP contribution >= 0.6 is 11.8 Å². The Morgan fingerprint density at radius 2 is 2.08 bits per heavy atom. The van der Waals surface area contributed by atoms with E-state index < -0.39 is 27.8 Å². The van der Waals surface area contributed by atoms with Gasteiger partial charge in [0.25, 0.3) is 0 Å². The summed E-state index contributed by atoms with van der Waals surface area (Å²) in [7, 11) is -3.07. The number of imide groups is 1. The van der Waals surface area contributed by atoms with Gasteiger partial charge in [-0.15, -0.1) is 10.2 Å². The first-order chi connectivity index (χ1) is 11.9. The number of nitrogens with zero attached hydrogens (tertiary/aromatic N) is 3. The minimum Gasteiger partial charge on any atom is -0.334 e. The van der Waals surface area contributed by atoms with Gasteiger partial charge in [-0.05, 0) is 19.3 Å². The Kier molecular flexibility index (Phi) is 5.62. The second kappa shape index (κ2) is 7.73. The van der Waals surface area contributed by atoms with E-state index in [1.54, 1.807) is 0 Å². The van der Waals surface area contributed by atoms with Crippen LogP contribution in [0.4, 0.5) is 4.79 Å². The summed E-state index contributed by atoms with van der Waals surface area (Å²) in [5.41, 5.74) is 0. The molecule has 0 aliphatic carbocycles. The molecule has 0 radical (unpaired) electrons. The van der Waals surface area contributed by atoms with Crippen LogP contribution in [0, 0.1) is 0 Å². The molecule has 138 valence electrons. The van der Waals surface area contributed by atoms with Gasteiger partial charge in [-0.3, -0.25) is 10.1 Å². The molecule has 0 aromatic carbocycles. The number of fused-ring (bicyclic) bond motifs is 1. The van der Waals surface area contributed by atoms with Crippen molar-refractivity contribution in [3.63, 3.8) is 0 Å². The van der Waals surface area contributed by atoms with Crippen LogP contribution in [-0.2, 0) is 27.6 Å². The third kappa shape index (κ3) is 4.94. The lowest BCUT2D eigenvalue weighted by Crippen LogP contribution is -2.45. The zero-order valence-electron chi connectivity index (χ0n) is 13.7. The molecule has 2 aliphatic rings. The molecule has 2 aliphatic heterocycles. The average Bonchev–Trinajstić information content (AvgIpc) is 2.98. The lowest BCUT2D eigenvalue weighted by Gasteiger charge is -2.11. The van der Waals surface area contributed by atoms with Crippen LogP contribution in [0.2, 0.25) is 0 Å². The van der Waals surface area contributed by atoms with E-state index in [0.717, 1.165) is 38.1 Å². The minimum atomic E-state index is -3.07. The number of nitrogens with one attached hydrogen (secondary N) is 2. The van der Waals surface area contributed by atoms with E-state index >= 15 is 0 Å². The van der Waals surface area contributed by atoms with Gasteiger partial charge in [0.05, 0.1) is 17.3 Å². The van der Waals surface area contributed by atoms with Crippen LogP contribution in [0.25, 0.3) is 0 Å². The van der Waals surface area contributed by atoms with Crippen molar-refractivity contribution in [2.75, 3.05) is 17.3 Å². The quantitative estimate of drug-likeness (QED) is 0.703. The molecule has 3 heterocycles. The largest absolute Gasteiger partial charge is 0.334 e. The van der Waals surface area contributed by atoms with Crippen LogP contribution in [0.3, 0.4) is 0 Å². The molecule has 2 N–H and O–H groups in total. The highest BCUT2D eigenvalue weighted by Gasteiger charge is 2.29. The number of aryl methyl sites for hydroxylation is 1. The molecule has 0 spiro atoms. The number of urea groups is 1. The number of thioether (sulfide) groups is 1. The van der Waals surface area contributed by atoms with Gasteiger partial charge in [-0.2, -0.15) is 0 Å². The van der Waals surface area contributed by atoms with Crippen molar-refractivity contribution in [3.05, 3.63) is 5.82 Å². The van der Waals surface area contributed by atoms with Crippen molar-refractivity contribution in [1.82, 2.24) is 25.4 Å². The molecule has 0 saturated carbocycles. The van der Waals surface area contributed by atoms with Crippen molar-refractivity contribution >= 4 is 33.5 Å². The molecular weight excluding hydrogens is 366 g/mol. The predicted octanol–water partition coefficient (Wildman–Crippen LogP) is 0.110. The van der Waals surface area contributed by atoms with Crippen molar-refractivity contribution < 1.29 is 18.0 Å². The molecule has 9 nitrogen and oxygen atoms in total. The molecule has 1 fully saturated rings. The summed E-state index contributed by atoms with van der Waals surface area (Å²) in [5, 5.41) is 13.7. The van der Waals surface area contributed by atoms with Crippen LogP contribution < -0.4 is 10.6 Å².